The van der Waals surface area contributed by atoms with Gasteiger partial charge in [-0.2, -0.15) is 0 Å². The van der Waals surface area contributed by atoms with Crippen molar-refractivity contribution in [3.63, 3.8) is 0 Å². The first-order chi connectivity index (χ1) is 27.6. The average Bonchev–Trinajstić information content (AvgIpc) is 4.03. The highest BCUT2D eigenvalue weighted by Gasteiger charge is 2.43. The van der Waals surface area contributed by atoms with E-state index >= 15 is 0 Å². The van der Waals surface area contributed by atoms with Gasteiger partial charge in [0.15, 0.2) is 18.0 Å². The van der Waals surface area contributed by atoms with E-state index in [9.17, 15) is 29.4 Å². The molecule has 14 heteroatoms. The Morgan fingerprint density at radius 3 is 1.49 bits per heavy atom. The van der Waals surface area contributed by atoms with Crippen molar-refractivity contribution >= 4 is 35.0 Å². The molecule has 7 rings (SSSR count). The lowest BCUT2D eigenvalue weighted by molar-refractivity contribution is -0.144. The Kier molecular flexibility index (Phi) is 11.9. The molecule has 4 N–H and O–H groups in total. The molecule has 4 amide bonds. The summed E-state index contributed by atoms with van der Waals surface area (Å²) in [7, 11) is 3.05. The van der Waals surface area contributed by atoms with Crippen LogP contribution in [0.5, 0.6) is 0 Å². The molecule has 294 valence electrons. The second-order valence-corrected chi connectivity index (χ2v) is 14.0. The lowest BCUT2D eigenvalue weighted by Crippen LogP contribution is -2.45. The number of hydrogen-bond donors (Lipinski definition) is 4. The van der Waals surface area contributed by atoms with Gasteiger partial charge >= 0.3 is 0 Å². The molecular formula is C43H43N5O9. The summed E-state index contributed by atoms with van der Waals surface area (Å²) in [5.74, 6) is -1.09. The highest BCUT2D eigenvalue weighted by molar-refractivity contribution is 5.99. The standard InChI is InChI=1S/C43H43N5O9/c1-55-32-21-34(47(24-32)42(53)37(49)27-9-5-3-6-10-27)39(51)45-30-17-13-26(14-18-30)36-23-44-41(57-36)29-15-19-31(20-16-29)46-40(52)35-22-33(56-2)25-48(35)43(54)38(50)28-11-7-4-8-12-28/h3-20,23,32-35,37-38,49-50H,21-22,24-25H2,1-2H3,(H,45,51)(H,46,52)/t32-,33-,34?,35-,37+,38+/m0/s1. The topological polar surface area (TPSA) is 184 Å². The molecule has 2 aliphatic rings. The molecule has 2 aliphatic heterocycles. The van der Waals surface area contributed by atoms with Crippen LogP contribution in [-0.4, -0.2) is 100 Å². The first-order valence-corrected chi connectivity index (χ1v) is 18.5. The Morgan fingerprint density at radius 1 is 0.649 bits per heavy atom. The summed E-state index contributed by atoms with van der Waals surface area (Å²) in [5.41, 5.74) is 3.27. The Labute approximate surface area is 329 Å². The van der Waals surface area contributed by atoms with Crippen molar-refractivity contribution in [1.29, 1.82) is 0 Å². The number of rotatable bonds is 12. The number of aliphatic hydroxyl groups is 2. The van der Waals surface area contributed by atoms with Gasteiger partial charge in [-0.25, -0.2) is 4.98 Å². The molecule has 0 saturated carbocycles. The summed E-state index contributed by atoms with van der Waals surface area (Å²) in [6.45, 7) is 0.359. The third-order valence-corrected chi connectivity index (χ3v) is 10.4. The minimum Gasteiger partial charge on any atom is -0.436 e. The molecule has 0 aliphatic carbocycles. The Bertz CT molecular complexity index is 2030. The molecule has 0 bridgehead atoms. The van der Waals surface area contributed by atoms with Crippen molar-refractivity contribution in [3.8, 4) is 22.8 Å². The molecule has 2 saturated heterocycles. The Morgan fingerprint density at radius 2 is 1.07 bits per heavy atom. The maximum Gasteiger partial charge on any atom is 0.256 e. The van der Waals surface area contributed by atoms with Crippen LogP contribution in [-0.2, 0) is 28.7 Å². The first kappa shape index (κ1) is 39.1. The van der Waals surface area contributed by atoms with Crippen molar-refractivity contribution < 1.29 is 43.3 Å². The van der Waals surface area contributed by atoms with Gasteiger partial charge in [-0.3, -0.25) is 19.2 Å². The zero-order chi connectivity index (χ0) is 40.1. The summed E-state index contributed by atoms with van der Waals surface area (Å²) in [4.78, 5) is 60.6. The Balaban J connectivity index is 0.962. The molecule has 0 radical (unpaired) electrons. The van der Waals surface area contributed by atoms with Gasteiger partial charge in [0.1, 0.15) is 12.1 Å². The van der Waals surface area contributed by atoms with Crippen LogP contribution in [0.4, 0.5) is 11.4 Å². The van der Waals surface area contributed by atoms with Crippen molar-refractivity contribution in [2.24, 2.45) is 0 Å². The molecule has 1 aromatic heterocycles. The van der Waals surface area contributed by atoms with Gasteiger partial charge < -0.3 is 44.5 Å². The first-order valence-electron chi connectivity index (χ1n) is 18.5. The largest absolute Gasteiger partial charge is 0.436 e. The van der Waals surface area contributed by atoms with Gasteiger partial charge in [-0.1, -0.05) is 60.7 Å². The van der Waals surface area contributed by atoms with Crippen LogP contribution in [0.15, 0.2) is 120 Å². The zero-order valence-electron chi connectivity index (χ0n) is 31.4. The summed E-state index contributed by atoms with van der Waals surface area (Å²) >= 11 is 0. The molecule has 14 nitrogen and oxygen atoms in total. The van der Waals surface area contributed by atoms with Crippen LogP contribution < -0.4 is 10.6 Å². The number of carbonyl (C=O) groups is 4. The maximum atomic E-state index is 13.4. The number of hydrogen-bond acceptors (Lipinski definition) is 10. The number of methoxy groups -OCH3 is 2. The zero-order valence-corrected chi connectivity index (χ0v) is 31.4. The number of carbonyl (C=O) groups excluding carboxylic acids is 4. The van der Waals surface area contributed by atoms with Crippen molar-refractivity contribution in [1.82, 2.24) is 14.8 Å². The van der Waals surface area contributed by atoms with Gasteiger partial charge in [-0.15, -0.1) is 0 Å². The molecule has 2 fully saturated rings. The maximum absolute atomic E-state index is 13.4. The van der Waals surface area contributed by atoms with Gasteiger partial charge in [0, 0.05) is 62.7 Å². The molecule has 1 unspecified atom stereocenters. The predicted octanol–water partition coefficient (Wildman–Crippen LogP) is 4.58. The quantitative estimate of drug-likeness (QED) is 0.140. The van der Waals surface area contributed by atoms with Gasteiger partial charge in [0.2, 0.25) is 17.7 Å². The third kappa shape index (κ3) is 8.64. The van der Waals surface area contributed by atoms with Crippen molar-refractivity contribution in [2.75, 3.05) is 37.9 Å². The molecule has 57 heavy (non-hydrogen) atoms. The summed E-state index contributed by atoms with van der Waals surface area (Å²) in [5, 5.41) is 27.3. The van der Waals surface area contributed by atoms with Gasteiger partial charge in [0.25, 0.3) is 11.8 Å². The monoisotopic (exact) mass is 773 g/mol. The number of oxazole rings is 1. The predicted molar refractivity (Wildman–Crippen MR) is 209 cm³/mol. The van der Waals surface area contributed by atoms with E-state index in [-0.39, 0.29) is 38.1 Å². The number of nitrogens with one attached hydrogen (secondary N) is 2. The van der Waals surface area contributed by atoms with Crippen molar-refractivity contribution in [2.45, 2.75) is 49.3 Å². The van der Waals surface area contributed by atoms with E-state index in [1.54, 1.807) is 115 Å². The van der Waals surface area contributed by atoms with Crippen molar-refractivity contribution in [3.05, 3.63) is 127 Å². The lowest BCUT2D eigenvalue weighted by atomic mass is 10.1. The normalized spacial score (nSPS) is 20.2. The minimum absolute atomic E-state index is 0.179. The number of benzene rings is 4. The highest BCUT2D eigenvalue weighted by Crippen LogP contribution is 2.31. The van der Waals surface area contributed by atoms with Crippen LogP contribution in [0.25, 0.3) is 22.8 Å². The number of aliphatic hydroxyl groups excluding tert-OH is 2. The van der Waals surface area contributed by atoms with Crippen LogP contribution in [0.2, 0.25) is 0 Å². The lowest BCUT2D eigenvalue weighted by Gasteiger charge is -2.26. The fourth-order valence-electron chi connectivity index (χ4n) is 7.20. The number of aromatic nitrogens is 1. The van der Waals surface area contributed by atoms with Crippen LogP contribution in [0.1, 0.15) is 36.2 Å². The third-order valence-electron chi connectivity index (χ3n) is 10.4. The van der Waals surface area contributed by atoms with E-state index in [4.69, 9.17) is 13.9 Å². The van der Waals surface area contributed by atoms with Crippen LogP contribution in [0.3, 0.4) is 0 Å². The number of nitrogens with zero attached hydrogens (tertiary/aromatic N) is 3. The fraction of sp³-hybridized carbons (Fsp3) is 0.279. The molecule has 4 aromatic carbocycles. The van der Waals surface area contributed by atoms with E-state index in [2.05, 4.69) is 15.6 Å². The van der Waals surface area contributed by atoms with Gasteiger partial charge in [0.05, 0.1) is 18.4 Å². The van der Waals surface area contributed by atoms with Gasteiger partial charge in [-0.05, 0) is 59.7 Å². The molecular weight excluding hydrogens is 730 g/mol. The summed E-state index contributed by atoms with van der Waals surface area (Å²) < 4.78 is 17.0. The van der Waals surface area contributed by atoms with E-state index < -0.39 is 47.9 Å². The summed E-state index contributed by atoms with van der Waals surface area (Å²) in [6.07, 6.45) is -1.35. The number of anilines is 2. The van der Waals surface area contributed by atoms with Crippen LogP contribution in [0, 0.1) is 0 Å². The number of ether oxygens (including phenoxy) is 2. The minimum atomic E-state index is -1.40. The van der Waals surface area contributed by atoms with E-state index in [1.807, 2.05) is 0 Å². The Hall–Kier alpha value is -6.19. The molecule has 0 spiro atoms. The van der Waals surface area contributed by atoms with E-state index in [1.165, 1.54) is 24.0 Å². The highest BCUT2D eigenvalue weighted by atomic mass is 16.5. The average molecular weight is 774 g/mol. The fourth-order valence-corrected chi connectivity index (χ4v) is 7.20. The second-order valence-electron chi connectivity index (χ2n) is 14.0. The molecule has 6 atom stereocenters. The molecule has 3 heterocycles. The van der Waals surface area contributed by atoms with E-state index in [0.29, 0.717) is 45.3 Å². The number of likely N-dealkylation sites (tertiary alicyclic amines) is 2. The van der Waals surface area contributed by atoms with E-state index in [0.717, 1.165) is 0 Å². The SMILES string of the molecule is CO[C@H]1CC(C(=O)Nc2ccc(-c3cnc(-c4ccc(NC(=O)[C@@H]5C[C@H](OC)CN5C(=O)[C@H](O)c5ccccc5)cc4)o3)cc2)N(C(=O)[C@H](O)c2ccccc2)C1. The van der Waals surface area contributed by atoms with Crippen LogP contribution >= 0.6 is 0 Å². The smallest absolute Gasteiger partial charge is 0.256 e. The summed E-state index contributed by atoms with van der Waals surface area (Å²) in [6, 6.07) is 29.4. The second kappa shape index (κ2) is 17.3. The molecule has 5 aromatic rings. The number of amides is 4.